The summed E-state index contributed by atoms with van der Waals surface area (Å²) >= 11 is 0. The molecule has 0 fully saturated rings. The van der Waals surface area contributed by atoms with Crippen molar-refractivity contribution in [2.45, 2.75) is 25.8 Å². The molecule has 1 aromatic carbocycles. The fourth-order valence-electron chi connectivity index (χ4n) is 2.80. The lowest BCUT2D eigenvalue weighted by molar-refractivity contribution is 0.585. The van der Waals surface area contributed by atoms with Crippen molar-refractivity contribution in [3.63, 3.8) is 0 Å². The number of anilines is 1. The Morgan fingerprint density at radius 1 is 1.17 bits per heavy atom. The minimum absolute atomic E-state index is 0.247. The zero-order valence-electron chi connectivity index (χ0n) is 13.1. The zero-order chi connectivity index (χ0) is 16.4. The Bertz CT molecular complexity index is 947. The van der Waals surface area contributed by atoms with Gasteiger partial charge in [0.2, 0.25) is 0 Å². The van der Waals surface area contributed by atoms with Crippen LogP contribution in [0.1, 0.15) is 19.3 Å². The lowest BCUT2D eigenvalue weighted by Gasteiger charge is -2.07. The lowest BCUT2D eigenvalue weighted by Crippen LogP contribution is -2.04. The molecule has 3 rings (SSSR count). The summed E-state index contributed by atoms with van der Waals surface area (Å²) in [5, 5.41) is 1.03. The van der Waals surface area contributed by atoms with Crippen LogP contribution in [0.2, 0.25) is 0 Å². The number of aromatic nitrogens is 3. The van der Waals surface area contributed by atoms with Gasteiger partial charge in [-0.2, -0.15) is 0 Å². The van der Waals surface area contributed by atoms with Gasteiger partial charge < -0.3 is 10.3 Å². The molecule has 0 saturated carbocycles. The van der Waals surface area contributed by atoms with E-state index in [0.29, 0.717) is 12.2 Å². The molecule has 2 N–H and O–H groups in total. The molecule has 0 saturated heterocycles. The molecule has 0 atom stereocenters. The third-order valence-electron chi connectivity index (χ3n) is 3.89. The molecular weight excluding hydrogens is 312 g/mol. The number of sulfone groups is 1. The molecule has 0 spiro atoms. The number of nitrogen functional groups attached to an aromatic ring is 1. The number of imidazole rings is 1. The Labute approximate surface area is 135 Å². The minimum Gasteiger partial charge on any atom is -0.382 e. The van der Waals surface area contributed by atoms with Crippen molar-refractivity contribution in [3.05, 3.63) is 30.6 Å². The molecule has 23 heavy (non-hydrogen) atoms. The highest BCUT2D eigenvalue weighted by molar-refractivity contribution is 7.90. The molecule has 122 valence electrons. The molecule has 0 aliphatic carbocycles. The van der Waals surface area contributed by atoms with Crippen LogP contribution in [0.4, 0.5) is 5.82 Å². The van der Waals surface area contributed by atoms with Gasteiger partial charge in [0.25, 0.3) is 0 Å². The van der Waals surface area contributed by atoms with Gasteiger partial charge in [-0.25, -0.2) is 18.4 Å². The Morgan fingerprint density at radius 2 is 1.96 bits per heavy atom. The summed E-state index contributed by atoms with van der Waals surface area (Å²) < 4.78 is 24.4. The highest BCUT2D eigenvalue weighted by Crippen LogP contribution is 2.27. The molecule has 0 unspecified atom stereocenters. The van der Waals surface area contributed by atoms with E-state index in [9.17, 15) is 8.42 Å². The van der Waals surface area contributed by atoms with E-state index in [0.717, 1.165) is 41.3 Å². The normalized spacial score (nSPS) is 12.2. The molecule has 2 aromatic heterocycles. The highest BCUT2D eigenvalue weighted by atomic mass is 32.2. The van der Waals surface area contributed by atoms with Crippen LogP contribution in [-0.2, 0) is 16.4 Å². The molecule has 3 aromatic rings. The minimum atomic E-state index is -2.87. The number of aryl methyl sites for hydroxylation is 1. The molecule has 0 radical (unpaired) electrons. The monoisotopic (exact) mass is 332 g/mol. The number of nitrogens with two attached hydrogens (primary N) is 1. The molecule has 7 heteroatoms. The predicted octanol–water partition coefficient (Wildman–Crippen LogP) is 2.38. The van der Waals surface area contributed by atoms with Crippen molar-refractivity contribution in [1.82, 2.24) is 14.5 Å². The summed E-state index contributed by atoms with van der Waals surface area (Å²) in [4.78, 5) is 8.78. The van der Waals surface area contributed by atoms with E-state index in [-0.39, 0.29) is 5.75 Å². The number of pyridine rings is 1. The SMILES string of the molecule is CS(=O)(=O)CCCCCn1cnc2c(N)nc3ccccc3c21. The van der Waals surface area contributed by atoms with Crippen molar-refractivity contribution in [2.75, 3.05) is 17.7 Å². The predicted molar refractivity (Wildman–Crippen MR) is 93.0 cm³/mol. The molecule has 2 heterocycles. The number of hydrogen-bond donors (Lipinski definition) is 1. The fraction of sp³-hybridized carbons (Fsp3) is 0.375. The number of rotatable bonds is 6. The van der Waals surface area contributed by atoms with Crippen LogP contribution in [-0.4, -0.2) is 35.0 Å². The second kappa shape index (κ2) is 6.16. The standard InChI is InChI=1S/C16H20N4O2S/c1-23(21,22)10-6-2-5-9-20-11-18-14-15(20)12-7-3-4-8-13(12)19-16(14)17/h3-4,7-8,11H,2,5-6,9-10H2,1H3,(H2,17,19). The van der Waals surface area contributed by atoms with Gasteiger partial charge in [-0.3, -0.25) is 0 Å². The average molecular weight is 332 g/mol. The number of hydrogen-bond acceptors (Lipinski definition) is 5. The lowest BCUT2D eigenvalue weighted by atomic mass is 10.2. The van der Waals surface area contributed by atoms with Crippen molar-refractivity contribution in [1.29, 1.82) is 0 Å². The van der Waals surface area contributed by atoms with Crippen LogP contribution < -0.4 is 5.73 Å². The Kier molecular flexibility index (Phi) is 4.21. The van der Waals surface area contributed by atoms with E-state index < -0.39 is 9.84 Å². The van der Waals surface area contributed by atoms with E-state index >= 15 is 0 Å². The van der Waals surface area contributed by atoms with E-state index in [4.69, 9.17) is 5.73 Å². The van der Waals surface area contributed by atoms with Crippen molar-refractivity contribution >= 4 is 37.6 Å². The number of benzene rings is 1. The fourth-order valence-corrected chi connectivity index (χ4v) is 3.53. The average Bonchev–Trinajstić information content (AvgIpc) is 2.91. The van der Waals surface area contributed by atoms with E-state index in [1.807, 2.05) is 24.3 Å². The van der Waals surface area contributed by atoms with Gasteiger partial charge in [-0.05, 0) is 18.9 Å². The van der Waals surface area contributed by atoms with Crippen LogP contribution in [0.5, 0.6) is 0 Å². The summed E-state index contributed by atoms with van der Waals surface area (Å²) in [6.07, 6.45) is 5.52. The molecular formula is C16H20N4O2S. The molecule has 6 nitrogen and oxygen atoms in total. The summed E-state index contributed by atoms with van der Waals surface area (Å²) in [7, 11) is -2.87. The number of fused-ring (bicyclic) bond motifs is 3. The number of para-hydroxylation sites is 1. The maximum Gasteiger partial charge on any atom is 0.152 e. The van der Waals surface area contributed by atoms with E-state index in [1.54, 1.807) is 6.33 Å². The number of nitrogens with zero attached hydrogens (tertiary/aromatic N) is 3. The zero-order valence-corrected chi connectivity index (χ0v) is 13.9. The van der Waals surface area contributed by atoms with E-state index in [1.165, 1.54) is 6.26 Å². The van der Waals surface area contributed by atoms with Crippen LogP contribution in [0.25, 0.3) is 21.9 Å². The summed E-state index contributed by atoms with van der Waals surface area (Å²) in [6, 6.07) is 7.87. The molecule has 0 bridgehead atoms. The van der Waals surface area contributed by atoms with Gasteiger partial charge in [0.1, 0.15) is 15.4 Å². The molecule has 0 aliphatic rings. The first-order valence-corrected chi connectivity index (χ1v) is 9.68. The first-order chi connectivity index (χ1) is 11.0. The Balaban J connectivity index is 1.82. The third-order valence-corrected chi connectivity index (χ3v) is 4.92. The topological polar surface area (TPSA) is 90.9 Å². The highest BCUT2D eigenvalue weighted by Gasteiger charge is 2.11. The third kappa shape index (κ3) is 3.44. The molecule has 0 amide bonds. The maximum absolute atomic E-state index is 11.1. The van der Waals surface area contributed by atoms with Gasteiger partial charge in [-0.1, -0.05) is 24.6 Å². The van der Waals surface area contributed by atoms with Crippen LogP contribution in [0, 0.1) is 0 Å². The summed E-state index contributed by atoms with van der Waals surface area (Å²) in [5.74, 6) is 0.687. The Hall–Kier alpha value is -2.15. The largest absolute Gasteiger partial charge is 0.382 e. The van der Waals surface area contributed by atoms with Gasteiger partial charge in [0.15, 0.2) is 5.82 Å². The Morgan fingerprint density at radius 3 is 2.74 bits per heavy atom. The van der Waals surface area contributed by atoms with Crippen molar-refractivity contribution < 1.29 is 8.42 Å². The quantitative estimate of drug-likeness (QED) is 0.700. The van der Waals surface area contributed by atoms with E-state index in [2.05, 4.69) is 14.5 Å². The van der Waals surface area contributed by atoms with Crippen LogP contribution in [0.3, 0.4) is 0 Å². The molecule has 0 aliphatic heterocycles. The number of unbranched alkanes of at least 4 members (excludes halogenated alkanes) is 2. The van der Waals surface area contributed by atoms with Gasteiger partial charge in [-0.15, -0.1) is 0 Å². The van der Waals surface area contributed by atoms with Gasteiger partial charge >= 0.3 is 0 Å². The second-order valence-electron chi connectivity index (χ2n) is 5.84. The van der Waals surface area contributed by atoms with Crippen LogP contribution >= 0.6 is 0 Å². The van der Waals surface area contributed by atoms with Crippen LogP contribution in [0.15, 0.2) is 30.6 Å². The summed E-state index contributed by atoms with van der Waals surface area (Å²) in [5.41, 5.74) is 8.58. The maximum atomic E-state index is 11.1. The van der Waals surface area contributed by atoms with Gasteiger partial charge in [0.05, 0.1) is 17.4 Å². The van der Waals surface area contributed by atoms with Gasteiger partial charge in [0, 0.05) is 23.9 Å². The second-order valence-corrected chi connectivity index (χ2v) is 8.10. The van der Waals surface area contributed by atoms with Crippen molar-refractivity contribution in [3.8, 4) is 0 Å². The first kappa shape index (κ1) is 15.7. The smallest absolute Gasteiger partial charge is 0.152 e. The summed E-state index contributed by atoms with van der Waals surface area (Å²) in [6.45, 7) is 0.785. The van der Waals surface area contributed by atoms with Crippen molar-refractivity contribution in [2.24, 2.45) is 0 Å². The first-order valence-electron chi connectivity index (χ1n) is 7.62.